The maximum Gasteiger partial charge on any atom is 0.429 e. The molecule has 0 radical (unpaired) electrons. The summed E-state index contributed by atoms with van der Waals surface area (Å²) in [5, 5.41) is 0.746. The number of piperidine rings is 1. The Hall–Kier alpha value is -2.25. The van der Waals surface area contributed by atoms with E-state index in [9.17, 15) is 22.8 Å². The van der Waals surface area contributed by atoms with Gasteiger partial charge < -0.3 is 10.6 Å². The van der Waals surface area contributed by atoms with Gasteiger partial charge in [0.15, 0.2) is 17.5 Å². The molecular formula is C12H11F3N2O3. The molecule has 108 valence electrons. The zero-order valence-corrected chi connectivity index (χ0v) is 10.2. The van der Waals surface area contributed by atoms with E-state index < -0.39 is 35.4 Å². The van der Waals surface area contributed by atoms with Gasteiger partial charge in [-0.2, -0.15) is 5.06 Å². The summed E-state index contributed by atoms with van der Waals surface area (Å²) in [6, 6.07) is 1.52. The number of hydroxylamine groups is 2. The zero-order chi connectivity index (χ0) is 14.9. The van der Waals surface area contributed by atoms with Gasteiger partial charge in [-0.05, 0) is 30.5 Å². The van der Waals surface area contributed by atoms with Crippen LogP contribution in [-0.4, -0.2) is 23.6 Å². The number of halogens is 3. The summed E-state index contributed by atoms with van der Waals surface area (Å²) in [6.45, 7) is 0.143. The number of benzene rings is 1. The second kappa shape index (κ2) is 5.40. The first-order chi connectivity index (χ1) is 9.40. The zero-order valence-electron chi connectivity index (χ0n) is 10.2. The van der Waals surface area contributed by atoms with Gasteiger partial charge in [0.1, 0.15) is 0 Å². The Morgan fingerprint density at radius 1 is 1.30 bits per heavy atom. The third kappa shape index (κ3) is 2.68. The highest BCUT2D eigenvalue weighted by Crippen LogP contribution is 2.30. The summed E-state index contributed by atoms with van der Waals surface area (Å²) >= 11 is 0. The lowest BCUT2D eigenvalue weighted by Crippen LogP contribution is -2.42. The molecular weight excluding hydrogens is 277 g/mol. The van der Waals surface area contributed by atoms with Crippen molar-refractivity contribution in [3.63, 3.8) is 0 Å². The van der Waals surface area contributed by atoms with Crippen LogP contribution in [0.25, 0.3) is 0 Å². The molecule has 1 unspecified atom stereocenters. The first-order valence-corrected chi connectivity index (χ1v) is 5.83. The van der Waals surface area contributed by atoms with Gasteiger partial charge in [-0.25, -0.2) is 18.0 Å². The molecule has 0 saturated carbocycles. The van der Waals surface area contributed by atoms with Gasteiger partial charge in [-0.3, -0.25) is 4.79 Å². The van der Waals surface area contributed by atoms with E-state index in [-0.39, 0.29) is 12.1 Å². The predicted molar refractivity (Wildman–Crippen MR) is 60.7 cm³/mol. The SMILES string of the molecule is NC(=O)ON1CCCC(c2cc(F)c(F)c(F)c2)C1=O. The third-order valence-electron chi connectivity index (χ3n) is 3.01. The van der Waals surface area contributed by atoms with Crippen LogP contribution >= 0.6 is 0 Å². The molecule has 5 nitrogen and oxygen atoms in total. The van der Waals surface area contributed by atoms with Crippen molar-refractivity contribution in [1.82, 2.24) is 5.06 Å². The van der Waals surface area contributed by atoms with Crippen molar-refractivity contribution >= 4 is 12.0 Å². The highest BCUT2D eigenvalue weighted by molar-refractivity contribution is 5.84. The molecule has 1 saturated heterocycles. The molecule has 0 bridgehead atoms. The fourth-order valence-electron chi connectivity index (χ4n) is 2.13. The van der Waals surface area contributed by atoms with E-state index in [1.54, 1.807) is 0 Å². The molecule has 2 N–H and O–H groups in total. The summed E-state index contributed by atoms with van der Waals surface area (Å²) in [5.41, 5.74) is 4.80. The lowest BCUT2D eigenvalue weighted by molar-refractivity contribution is -0.171. The Morgan fingerprint density at radius 3 is 2.45 bits per heavy atom. The molecule has 0 aromatic heterocycles. The van der Waals surface area contributed by atoms with Crippen molar-refractivity contribution in [2.75, 3.05) is 6.54 Å². The molecule has 0 aliphatic carbocycles. The van der Waals surface area contributed by atoms with Crippen molar-refractivity contribution in [1.29, 1.82) is 0 Å². The largest absolute Gasteiger partial charge is 0.429 e. The van der Waals surface area contributed by atoms with Crippen molar-refractivity contribution in [2.24, 2.45) is 5.73 Å². The van der Waals surface area contributed by atoms with Crippen molar-refractivity contribution in [3.8, 4) is 0 Å². The van der Waals surface area contributed by atoms with Gasteiger partial charge in [0, 0.05) is 0 Å². The molecule has 2 amide bonds. The third-order valence-corrected chi connectivity index (χ3v) is 3.01. The number of hydrogen-bond acceptors (Lipinski definition) is 3. The van der Waals surface area contributed by atoms with Crippen LogP contribution < -0.4 is 5.73 Å². The number of primary amides is 1. The number of rotatable bonds is 2. The monoisotopic (exact) mass is 288 g/mol. The Morgan fingerprint density at radius 2 is 1.90 bits per heavy atom. The Labute approximate surface area is 112 Å². The summed E-state index contributed by atoms with van der Waals surface area (Å²) in [5.74, 6) is -5.91. The maximum absolute atomic E-state index is 13.2. The number of nitrogens with zero attached hydrogens (tertiary/aromatic N) is 1. The lowest BCUT2D eigenvalue weighted by Gasteiger charge is -2.30. The number of hydrogen-bond donors (Lipinski definition) is 1. The average Bonchev–Trinajstić information content (AvgIpc) is 2.37. The fourth-order valence-corrected chi connectivity index (χ4v) is 2.13. The van der Waals surface area contributed by atoms with Gasteiger partial charge in [0.25, 0.3) is 5.91 Å². The minimum Gasteiger partial charge on any atom is -0.333 e. The molecule has 1 aliphatic rings. The van der Waals surface area contributed by atoms with Crippen LogP contribution in [0.3, 0.4) is 0 Å². The van der Waals surface area contributed by atoms with Crippen LogP contribution in [0.4, 0.5) is 18.0 Å². The van der Waals surface area contributed by atoms with E-state index in [0.717, 1.165) is 17.2 Å². The molecule has 20 heavy (non-hydrogen) atoms. The van der Waals surface area contributed by atoms with E-state index in [4.69, 9.17) is 5.73 Å². The van der Waals surface area contributed by atoms with Gasteiger partial charge in [0.2, 0.25) is 0 Å². The van der Waals surface area contributed by atoms with Gasteiger partial charge in [-0.15, -0.1) is 0 Å². The molecule has 1 aromatic rings. The number of carbonyl (C=O) groups excluding carboxylic acids is 2. The van der Waals surface area contributed by atoms with Crippen LogP contribution in [0.15, 0.2) is 12.1 Å². The average molecular weight is 288 g/mol. The standard InChI is InChI=1S/C12H11F3N2O3/c13-8-4-6(5-9(14)10(8)15)7-2-1-3-17(11(7)18)20-12(16)19/h4-5,7H,1-3H2,(H2,16,19). The number of amides is 2. The van der Waals surface area contributed by atoms with Crippen LogP contribution in [-0.2, 0) is 9.63 Å². The smallest absolute Gasteiger partial charge is 0.333 e. The number of nitrogens with two attached hydrogens (primary N) is 1. The Kier molecular flexibility index (Phi) is 3.82. The van der Waals surface area contributed by atoms with Crippen molar-refractivity contribution in [3.05, 3.63) is 35.1 Å². The highest BCUT2D eigenvalue weighted by Gasteiger charge is 2.33. The summed E-state index contributed by atoms with van der Waals surface area (Å²) in [7, 11) is 0. The van der Waals surface area contributed by atoms with Gasteiger partial charge >= 0.3 is 6.09 Å². The van der Waals surface area contributed by atoms with Crippen molar-refractivity contribution in [2.45, 2.75) is 18.8 Å². The topological polar surface area (TPSA) is 72.6 Å². The van der Waals surface area contributed by atoms with E-state index >= 15 is 0 Å². The Bertz CT molecular complexity index is 542. The maximum atomic E-state index is 13.2. The molecule has 1 heterocycles. The van der Waals surface area contributed by atoms with Crippen molar-refractivity contribution < 1.29 is 27.6 Å². The Balaban J connectivity index is 2.28. The van der Waals surface area contributed by atoms with E-state index in [1.807, 2.05) is 0 Å². The second-order valence-electron chi connectivity index (χ2n) is 4.34. The fraction of sp³-hybridized carbons (Fsp3) is 0.333. The molecule has 2 rings (SSSR count). The summed E-state index contributed by atoms with van der Waals surface area (Å²) in [6.07, 6.45) is -0.401. The van der Waals surface area contributed by atoms with Crippen LogP contribution in [0.1, 0.15) is 24.3 Å². The lowest BCUT2D eigenvalue weighted by atomic mass is 9.90. The highest BCUT2D eigenvalue weighted by atomic mass is 19.2. The van der Waals surface area contributed by atoms with Gasteiger partial charge in [-0.1, -0.05) is 0 Å². The minimum absolute atomic E-state index is 0.0100. The molecule has 1 aromatic carbocycles. The molecule has 1 aliphatic heterocycles. The molecule has 1 fully saturated rings. The van der Waals surface area contributed by atoms with Gasteiger partial charge in [0.05, 0.1) is 12.5 Å². The minimum atomic E-state index is -1.60. The van der Waals surface area contributed by atoms with E-state index in [1.165, 1.54) is 0 Å². The predicted octanol–water partition coefficient (Wildman–Crippen LogP) is 1.82. The quantitative estimate of drug-likeness (QED) is 0.844. The normalized spacial score (nSPS) is 19.1. The van der Waals surface area contributed by atoms with Crippen LogP contribution in [0.2, 0.25) is 0 Å². The summed E-state index contributed by atoms with van der Waals surface area (Å²) < 4.78 is 39.3. The van der Waals surface area contributed by atoms with E-state index in [0.29, 0.717) is 12.8 Å². The van der Waals surface area contributed by atoms with E-state index in [2.05, 4.69) is 4.84 Å². The molecule has 8 heteroatoms. The number of carbonyl (C=O) groups is 2. The van der Waals surface area contributed by atoms with Crippen LogP contribution in [0, 0.1) is 17.5 Å². The second-order valence-corrected chi connectivity index (χ2v) is 4.34. The molecule has 0 spiro atoms. The first-order valence-electron chi connectivity index (χ1n) is 5.83. The summed E-state index contributed by atoms with van der Waals surface area (Å²) in [4.78, 5) is 27.2. The van der Waals surface area contributed by atoms with Crippen LogP contribution in [0.5, 0.6) is 0 Å². The first kappa shape index (κ1) is 14.2. The molecule has 1 atom stereocenters.